The van der Waals surface area contributed by atoms with E-state index >= 15 is 0 Å². The number of halogens is 3. The predicted molar refractivity (Wildman–Crippen MR) is 88.7 cm³/mol. The molecule has 0 bridgehead atoms. The third-order valence-corrected chi connectivity index (χ3v) is 5.70. The Balaban J connectivity index is 1.85. The fourth-order valence-electron chi connectivity index (χ4n) is 1.99. The second kappa shape index (κ2) is 6.38. The maximum absolute atomic E-state index is 12.0. The van der Waals surface area contributed by atoms with E-state index in [0.717, 1.165) is 10.0 Å². The van der Waals surface area contributed by atoms with Gasteiger partial charge in [-0.2, -0.15) is 0 Å². The largest absolute Gasteiger partial charge is 0.455 e. The van der Waals surface area contributed by atoms with Crippen LogP contribution in [0.2, 0.25) is 0 Å². The van der Waals surface area contributed by atoms with Crippen LogP contribution in [0, 0.1) is 5.41 Å². The van der Waals surface area contributed by atoms with Crippen LogP contribution in [-0.2, 0) is 20.9 Å². The number of hydrogen-bond donors (Lipinski definition) is 0. The number of hydrogen-bond acceptors (Lipinski definition) is 3. The van der Waals surface area contributed by atoms with Gasteiger partial charge in [-0.15, -0.1) is 23.2 Å². The van der Waals surface area contributed by atoms with E-state index < -0.39 is 15.7 Å². The Morgan fingerprint density at radius 2 is 1.95 bits per heavy atom. The predicted octanol–water partition coefficient (Wildman–Crippen LogP) is 3.53. The van der Waals surface area contributed by atoms with Crippen molar-refractivity contribution in [2.75, 3.05) is 13.7 Å². The standard InChI is InChI=1S/C15H16BrCl2NO3/c1-14(9-15(14,17)18)13(21)22-8-12(20)19(2)7-10-5-3-4-6-11(10)16/h3-6H,7-9H2,1-2H3. The van der Waals surface area contributed by atoms with Crippen LogP contribution in [0.5, 0.6) is 0 Å². The van der Waals surface area contributed by atoms with Gasteiger partial charge in [-0.1, -0.05) is 34.1 Å². The highest BCUT2D eigenvalue weighted by atomic mass is 79.9. The number of likely N-dealkylation sites (N-methyl/N-ethyl adjacent to an activating group) is 1. The van der Waals surface area contributed by atoms with E-state index in [9.17, 15) is 9.59 Å². The summed E-state index contributed by atoms with van der Waals surface area (Å²) in [4.78, 5) is 25.4. The van der Waals surface area contributed by atoms with E-state index in [-0.39, 0.29) is 12.5 Å². The van der Waals surface area contributed by atoms with Crippen LogP contribution in [0.1, 0.15) is 18.9 Å². The molecule has 1 amide bonds. The summed E-state index contributed by atoms with van der Waals surface area (Å²) in [5.74, 6) is -0.830. The number of ether oxygens (including phenoxy) is 1. The molecule has 0 radical (unpaired) electrons. The van der Waals surface area contributed by atoms with E-state index in [2.05, 4.69) is 15.9 Å². The summed E-state index contributed by atoms with van der Waals surface area (Å²) in [5.41, 5.74) is 0.0524. The molecule has 1 unspecified atom stereocenters. The molecule has 1 aromatic carbocycles. The molecule has 120 valence electrons. The molecule has 0 N–H and O–H groups in total. The lowest BCUT2D eigenvalue weighted by molar-refractivity contribution is -0.156. The number of amides is 1. The smallest absolute Gasteiger partial charge is 0.315 e. The van der Waals surface area contributed by atoms with E-state index in [0.29, 0.717) is 13.0 Å². The number of benzene rings is 1. The van der Waals surface area contributed by atoms with Crippen molar-refractivity contribution < 1.29 is 14.3 Å². The van der Waals surface area contributed by atoms with Gasteiger partial charge < -0.3 is 9.64 Å². The van der Waals surface area contributed by atoms with Crippen LogP contribution < -0.4 is 0 Å². The van der Waals surface area contributed by atoms with Crippen LogP contribution in [-0.4, -0.2) is 34.8 Å². The quantitative estimate of drug-likeness (QED) is 0.553. The topological polar surface area (TPSA) is 46.6 Å². The zero-order chi connectivity index (χ0) is 16.5. The van der Waals surface area contributed by atoms with Gasteiger partial charge in [0.2, 0.25) is 0 Å². The molecule has 2 rings (SSSR count). The summed E-state index contributed by atoms with van der Waals surface area (Å²) >= 11 is 15.3. The SMILES string of the molecule is CN(Cc1ccccc1Br)C(=O)COC(=O)C1(C)CC1(Cl)Cl. The highest BCUT2D eigenvalue weighted by Crippen LogP contribution is 2.64. The summed E-state index contributed by atoms with van der Waals surface area (Å²) in [7, 11) is 1.65. The van der Waals surface area contributed by atoms with Crippen molar-refractivity contribution in [1.82, 2.24) is 4.90 Å². The van der Waals surface area contributed by atoms with E-state index in [1.807, 2.05) is 24.3 Å². The van der Waals surface area contributed by atoms with Crippen molar-refractivity contribution in [2.45, 2.75) is 24.2 Å². The normalized spacial score (nSPS) is 22.0. The Kier molecular flexibility index (Phi) is 5.09. The van der Waals surface area contributed by atoms with Crippen LogP contribution in [0.3, 0.4) is 0 Å². The number of rotatable bonds is 5. The van der Waals surface area contributed by atoms with Gasteiger partial charge in [0.1, 0.15) is 9.75 Å². The van der Waals surface area contributed by atoms with Gasteiger partial charge in [0.15, 0.2) is 6.61 Å². The van der Waals surface area contributed by atoms with Crippen molar-refractivity contribution in [3.63, 3.8) is 0 Å². The first kappa shape index (κ1) is 17.6. The third kappa shape index (κ3) is 3.58. The van der Waals surface area contributed by atoms with Crippen molar-refractivity contribution >= 4 is 51.0 Å². The summed E-state index contributed by atoms with van der Waals surface area (Å²) in [5, 5.41) is 0. The molecular weight excluding hydrogens is 393 g/mol. The number of esters is 1. The summed E-state index contributed by atoms with van der Waals surface area (Å²) in [6.07, 6.45) is 0.336. The summed E-state index contributed by atoms with van der Waals surface area (Å²) < 4.78 is 4.88. The highest BCUT2D eigenvalue weighted by molar-refractivity contribution is 9.10. The van der Waals surface area contributed by atoms with Crippen LogP contribution in [0.4, 0.5) is 0 Å². The molecule has 1 aliphatic rings. The van der Waals surface area contributed by atoms with Gasteiger partial charge in [0, 0.05) is 24.5 Å². The fourth-order valence-corrected chi connectivity index (χ4v) is 3.09. The maximum Gasteiger partial charge on any atom is 0.315 e. The highest BCUT2D eigenvalue weighted by Gasteiger charge is 2.69. The lowest BCUT2D eigenvalue weighted by atomic mass is 10.1. The average molecular weight is 409 g/mol. The van der Waals surface area contributed by atoms with Gasteiger partial charge >= 0.3 is 5.97 Å². The number of carbonyl (C=O) groups excluding carboxylic acids is 2. The van der Waals surface area contributed by atoms with Crippen molar-refractivity contribution in [3.8, 4) is 0 Å². The van der Waals surface area contributed by atoms with Crippen LogP contribution in [0.15, 0.2) is 28.7 Å². The first-order valence-electron chi connectivity index (χ1n) is 6.70. The van der Waals surface area contributed by atoms with Crippen molar-refractivity contribution in [3.05, 3.63) is 34.3 Å². The Bertz CT molecular complexity index is 608. The first-order valence-corrected chi connectivity index (χ1v) is 8.25. The van der Waals surface area contributed by atoms with E-state index in [4.69, 9.17) is 27.9 Å². The van der Waals surface area contributed by atoms with Crippen molar-refractivity contribution in [1.29, 1.82) is 0 Å². The second-order valence-corrected chi connectivity index (χ2v) is 7.97. The number of alkyl halides is 2. The van der Waals surface area contributed by atoms with Gasteiger partial charge in [-0.3, -0.25) is 9.59 Å². The molecule has 0 aromatic heterocycles. The molecule has 0 saturated heterocycles. The molecule has 7 heteroatoms. The molecule has 1 saturated carbocycles. The zero-order valence-corrected chi connectivity index (χ0v) is 15.3. The molecule has 0 heterocycles. The third-order valence-electron chi connectivity index (χ3n) is 3.83. The molecule has 4 nitrogen and oxygen atoms in total. The Hall–Kier alpha value is -0.780. The summed E-state index contributed by atoms with van der Waals surface area (Å²) in [6.45, 7) is 1.73. The molecule has 1 aliphatic carbocycles. The van der Waals surface area contributed by atoms with Crippen LogP contribution >= 0.6 is 39.1 Å². The second-order valence-electron chi connectivity index (χ2n) is 5.63. The number of nitrogens with zero attached hydrogens (tertiary/aromatic N) is 1. The minimum Gasteiger partial charge on any atom is -0.455 e. The van der Waals surface area contributed by atoms with Crippen molar-refractivity contribution in [2.24, 2.45) is 5.41 Å². The lowest BCUT2D eigenvalue weighted by Crippen LogP contribution is -2.32. The number of carbonyl (C=O) groups is 2. The zero-order valence-electron chi connectivity index (χ0n) is 12.2. The minimum absolute atomic E-state index is 0.289. The maximum atomic E-state index is 12.0. The van der Waals surface area contributed by atoms with Gasteiger partial charge in [-0.05, 0) is 18.6 Å². The van der Waals surface area contributed by atoms with Gasteiger partial charge in [-0.25, -0.2) is 0 Å². The monoisotopic (exact) mass is 407 g/mol. The molecule has 1 atom stereocenters. The van der Waals surface area contributed by atoms with Gasteiger partial charge in [0.05, 0.1) is 0 Å². The Morgan fingerprint density at radius 3 is 2.50 bits per heavy atom. The first-order chi connectivity index (χ1) is 10.2. The lowest BCUT2D eigenvalue weighted by Gasteiger charge is -2.19. The minimum atomic E-state index is -1.09. The summed E-state index contributed by atoms with van der Waals surface area (Å²) in [6, 6.07) is 7.62. The Labute approximate surface area is 147 Å². The molecule has 22 heavy (non-hydrogen) atoms. The van der Waals surface area contributed by atoms with Crippen LogP contribution in [0.25, 0.3) is 0 Å². The van der Waals surface area contributed by atoms with Gasteiger partial charge in [0.25, 0.3) is 5.91 Å². The molecule has 0 aliphatic heterocycles. The molecule has 0 spiro atoms. The fraction of sp³-hybridized carbons (Fsp3) is 0.467. The molecule has 1 aromatic rings. The molecular formula is C15H16BrCl2NO3. The Morgan fingerprint density at radius 1 is 1.36 bits per heavy atom. The van der Waals surface area contributed by atoms with E-state index in [1.54, 1.807) is 14.0 Å². The average Bonchev–Trinajstić information content (AvgIpc) is 2.98. The van der Waals surface area contributed by atoms with E-state index in [1.165, 1.54) is 4.90 Å². The molecule has 1 fully saturated rings.